The van der Waals surface area contributed by atoms with Crippen molar-refractivity contribution in [3.8, 4) is 17.0 Å². The molecule has 2 N–H and O–H groups in total. The van der Waals surface area contributed by atoms with Crippen LogP contribution in [-0.2, 0) is 0 Å². The number of carbonyl (C=O) groups is 1. The fraction of sp³-hybridized carbons (Fsp3) is 0.250. The van der Waals surface area contributed by atoms with Crippen LogP contribution in [0.25, 0.3) is 11.3 Å². The molecule has 3 heterocycles. The predicted octanol–water partition coefficient (Wildman–Crippen LogP) is 3.54. The van der Waals surface area contributed by atoms with Crippen molar-refractivity contribution in [2.45, 2.75) is 25.3 Å². The molecule has 1 atom stereocenters. The van der Waals surface area contributed by atoms with Gasteiger partial charge in [0.05, 0.1) is 17.4 Å². The van der Waals surface area contributed by atoms with Crippen molar-refractivity contribution in [1.82, 2.24) is 20.1 Å². The van der Waals surface area contributed by atoms with E-state index in [2.05, 4.69) is 15.2 Å². The van der Waals surface area contributed by atoms with E-state index in [-0.39, 0.29) is 17.7 Å². The zero-order valence-electron chi connectivity index (χ0n) is 14.3. The van der Waals surface area contributed by atoms with Crippen LogP contribution in [0.3, 0.4) is 0 Å². The summed E-state index contributed by atoms with van der Waals surface area (Å²) < 4.78 is 0. The number of benzene rings is 1. The molecule has 6 nitrogen and oxygen atoms in total. The van der Waals surface area contributed by atoms with Gasteiger partial charge >= 0.3 is 0 Å². The van der Waals surface area contributed by atoms with E-state index in [0.29, 0.717) is 17.9 Å². The second-order valence-electron chi connectivity index (χ2n) is 6.48. The number of nitrogens with zero attached hydrogens (tertiary/aromatic N) is 3. The first-order chi connectivity index (χ1) is 12.7. The van der Waals surface area contributed by atoms with Gasteiger partial charge in [-0.25, -0.2) is 0 Å². The Morgan fingerprint density at radius 1 is 1.15 bits per heavy atom. The number of carbonyl (C=O) groups excluding carboxylic acids is 1. The van der Waals surface area contributed by atoms with Crippen LogP contribution in [0.2, 0.25) is 0 Å². The molecule has 132 valence electrons. The van der Waals surface area contributed by atoms with Crippen LogP contribution < -0.4 is 0 Å². The van der Waals surface area contributed by atoms with E-state index in [0.717, 1.165) is 30.5 Å². The zero-order valence-corrected chi connectivity index (χ0v) is 14.3. The summed E-state index contributed by atoms with van der Waals surface area (Å²) in [6, 6.07) is 14.3. The number of aromatic amines is 1. The minimum atomic E-state index is -0.0575. The Labute approximate surface area is 151 Å². The lowest BCUT2D eigenvalue weighted by molar-refractivity contribution is 0.0600. The Morgan fingerprint density at radius 2 is 2.00 bits per heavy atom. The molecule has 26 heavy (non-hydrogen) atoms. The van der Waals surface area contributed by atoms with Gasteiger partial charge in [-0.15, -0.1) is 0 Å². The van der Waals surface area contributed by atoms with E-state index in [4.69, 9.17) is 0 Å². The van der Waals surface area contributed by atoms with Gasteiger partial charge in [0, 0.05) is 18.3 Å². The molecule has 0 bridgehead atoms. The van der Waals surface area contributed by atoms with E-state index in [1.165, 1.54) is 0 Å². The maximum Gasteiger partial charge on any atom is 0.272 e. The Morgan fingerprint density at radius 3 is 2.77 bits per heavy atom. The number of phenolic OH excluding ortho intramolecular Hbond substituents is 1. The highest BCUT2D eigenvalue weighted by Gasteiger charge is 2.30. The van der Waals surface area contributed by atoms with E-state index >= 15 is 0 Å². The maximum absolute atomic E-state index is 13.1. The van der Waals surface area contributed by atoms with Crippen LogP contribution in [0.15, 0.2) is 54.7 Å². The number of amides is 1. The molecule has 4 rings (SSSR count). The minimum absolute atomic E-state index is 0.00197. The molecule has 0 saturated carbocycles. The molecule has 0 aliphatic carbocycles. The normalized spacial score (nSPS) is 17.2. The van der Waals surface area contributed by atoms with E-state index in [1.54, 1.807) is 36.5 Å². The number of H-pyrrole nitrogens is 1. The maximum atomic E-state index is 13.1. The molecule has 0 unspecified atom stereocenters. The second kappa shape index (κ2) is 7.00. The monoisotopic (exact) mass is 348 g/mol. The number of likely N-dealkylation sites (tertiary alicyclic amines) is 1. The summed E-state index contributed by atoms with van der Waals surface area (Å²) in [5, 5.41) is 16.5. The molecule has 3 aromatic rings. The Hall–Kier alpha value is -3.15. The fourth-order valence-corrected chi connectivity index (χ4v) is 3.42. The smallest absolute Gasteiger partial charge is 0.272 e. The number of aromatic nitrogens is 3. The molecule has 0 spiro atoms. The van der Waals surface area contributed by atoms with E-state index < -0.39 is 0 Å². The van der Waals surface area contributed by atoms with Crippen molar-refractivity contribution < 1.29 is 9.90 Å². The Kier molecular flexibility index (Phi) is 4.39. The zero-order chi connectivity index (χ0) is 17.9. The van der Waals surface area contributed by atoms with Crippen LogP contribution in [0.4, 0.5) is 0 Å². The Bertz CT molecular complexity index is 890. The van der Waals surface area contributed by atoms with Crippen LogP contribution in [-0.4, -0.2) is 37.6 Å². The number of rotatable bonds is 3. The average molecular weight is 348 g/mol. The van der Waals surface area contributed by atoms with Crippen LogP contribution in [0.5, 0.6) is 5.75 Å². The van der Waals surface area contributed by atoms with Crippen molar-refractivity contribution in [1.29, 1.82) is 0 Å². The third kappa shape index (κ3) is 3.18. The van der Waals surface area contributed by atoms with Gasteiger partial charge in [0.25, 0.3) is 5.91 Å². The molecular formula is C20H20N4O2. The van der Waals surface area contributed by atoms with Gasteiger partial charge in [0.2, 0.25) is 0 Å². The summed E-state index contributed by atoms with van der Waals surface area (Å²) >= 11 is 0. The highest BCUT2D eigenvalue weighted by atomic mass is 16.3. The number of hydrogen-bond donors (Lipinski definition) is 2. The number of phenols is 1. The first-order valence-corrected chi connectivity index (χ1v) is 8.79. The molecule has 6 heteroatoms. The lowest BCUT2D eigenvalue weighted by Crippen LogP contribution is -2.39. The third-order valence-electron chi connectivity index (χ3n) is 4.76. The molecule has 1 fully saturated rings. The predicted molar refractivity (Wildman–Crippen MR) is 97.6 cm³/mol. The molecule has 1 saturated heterocycles. The quantitative estimate of drug-likeness (QED) is 0.758. The summed E-state index contributed by atoms with van der Waals surface area (Å²) in [5.41, 5.74) is 2.92. The van der Waals surface area contributed by atoms with E-state index in [1.807, 2.05) is 23.1 Å². The van der Waals surface area contributed by atoms with Crippen LogP contribution >= 0.6 is 0 Å². The summed E-state index contributed by atoms with van der Waals surface area (Å²) in [5.74, 6) is 0.144. The molecule has 2 aromatic heterocycles. The van der Waals surface area contributed by atoms with Crippen LogP contribution in [0.1, 0.15) is 41.5 Å². The number of aromatic hydroxyl groups is 1. The summed E-state index contributed by atoms with van der Waals surface area (Å²) in [7, 11) is 0. The number of nitrogens with one attached hydrogen (secondary N) is 1. The van der Waals surface area contributed by atoms with Gasteiger partial charge in [-0.05, 0) is 61.7 Å². The standard InChI is InChI=1S/C20H20N4O2/c25-15-9-7-14(8-10-15)17-13-18(23-22-17)20(26)24-12-4-2-6-19(24)16-5-1-3-11-21-16/h1,3,5,7-11,13,19,25H,2,4,6,12H2,(H,22,23)/t19-/m1/s1. The van der Waals surface area contributed by atoms with Gasteiger partial charge < -0.3 is 10.0 Å². The first-order valence-electron chi connectivity index (χ1n) is 8.79. The van der Waals surface area contributed by atoms with Crippen molar-refractivity contribution >= 4 is 5.91 Å². The van der Waals surface area contributed by atoms with Crippen molar-refractivity contribution in [2.24, 2.45) is 0 Å². The summed E-state index contributed by atoms with van der Waals surface area (Å²) in [6.07, 6.45) is 4.77. The average Bonchev–Trinajstić information content (AvgIpc) is 3.19. The van der Waals surface area contributed by atoms with Gasteiger partial charge in [0.15, 0.2) is 0 Å². The second-order valence-corrected chi connectivity index (χ2v) is 6.48. The van der Waals surface area contributed by atoms with Crippen molar-refractivity contribution in [3.63, 3.8) is 0 Å². The third-order valence-corrected chi connectivity index (χ3v) is 4.76. The van der Waals surface area contributed by atoms with Crippen molar-refractivity contribution in [2.75, 3.05) is 6.54 Å². The highest BCUT2D eigenvalue weighted by Crippen LogP contribution is 2.31. The van der Waals surface area contributed by atoms with Crippen molar-refractivity contribution in [3.05, 3.63) is 66.1 Å². The highest BCUT2D eigenvalue weighted by molar-refractivity contribution is 5.93. The number of hydrogen-bond acceptors (Lipinski definition) is 4. The number of pyridine rings is 1. The molecule has 1 aliphatic rings. The Balaban J connectivity index is 1.59. The SMILES string of the molecule is O=C(c1cc(-c2ccc(O)cc2)n[nH]1)N1CCCC[C@@H]1c1ccccn1. The van der Waals surface area contributed by atoms with Gasteiger partial charge in [-0.1, -0.05) is 6.07 Å². The molecule has 1 aliphatic heterocycles. The molecule has 1 aromatic carbocycles. The van der Waals surface area contributed by atoms with Gasteiger partial charge in [-0.3, -0.25) is 14.9 Å². The first kappa shape index (κ1) is 16.3. The molecular weight excluding hydrogens is 328 g/mol. The van der Waals surface area contributed by atoms with E-state index in [9.17, 15) is 9.90 Å². The topological polar surface area (TPSA) is 82.1 Å². The molecule has 1 amide bonds. The summed E-state index contributed by atoms with van der Waals surface area (Å²) in [6.45, 7) is 0.716. The molecule has 0 radical (unpaired) electrons. The fourth-order valence-electron chi connectivity index (χ4n) is 3.42. The summed E-state index contributed by atoms with van der Waals surface area (Å²) in [4.78, 5) is 19.4. The largest absolute Gasteiger partial charge is 0.508 e. The lowest BCUT2D eigenvalue weighted by Gasteiger charge is -2.35. The van der Waals surface area contributed by atoms with Gasteiger partial charge in [0.1, 0.15) is 11.4 Å². The van der Waals surface area contributed by atoms with Gasteiger partial charge in [-0.2, -0.15) is 5.10 Å². The lowest BCUT2D eigenvalue weighted by atomic mass is 9.98. The minimum Gasteiger partial charge on any atom is -0.508 e. The number of piperidine rings is 1. The van der Waals surface area contributed by atoms with Crippen LogP contribution in [0, 0.1) is 0 Å².